The van der Waals surface area contributed by atoms with Crippen LogP contribution in [-0.2, 0) is 10.0 Å². The third-order valence-electron chi connectivity index (χ3n) is 3.91. The van der Waals surface area contributed by atoms with Crippen molar-refractivity contribution in [2.75, 3.05) is 11.0 Å². The second kappa shape index (κ2) is 8.15. The molecule has 3 aromatic rings. The van der Waals surface area contributed by atoms with Crippen molar-refractivity contribution in [3.05, 3.63) is 59.7 Å². The molecule has 0 unspecified atom stereocenters. The molecule has 0 bridgehead atoms. The summed E-state index contributed by atoms with van der Waals surface area (Å²) in [4.78, 5) is 17.1. The minimum atomic E-state index is -3.35. The van der Waals surface area contributed by atoms with E-state index < -0.39 is 15.3 Å². The van der Waals surface area contributed by atoms with Crippen molar-refractivity contribution in [1.82, 2.24) is 15.2 Å². The highest BCUT2D eigenvalue weighted by molar-refractivity contribution is 8.00. The number of sulfonamides is 1. The van der Waals surface area contributed by atoms with E-state index in [4.69, 9.17) is 0 Å². The molecule has 0 amide bonds. The van der Waals surface area contributed by atoms with Crippen LogP contribution in [0.2, 0.25) is 0 Å². The van der Waals surface area contributed by atoms with Crippen LogP contribution < -0.4 is 4.72 Å². The number of hydrogen-bond acceptors (Lipinski definition) is 6. The molecule has 28 heavy (non-hydrogen) atoms. The van der Waals surface area contributed by atoms with E-state index in [0.29, 0.717) is 22.2 Å². The van der Waals surface area contributed by atoms with Gasteiger partial charge >= 0.3 is 0 Å². The summed E-state index contributed by atoms with van der Waals surface area (Å²) in [6.07, 6.45) is 1.08. The molecule has 0 aliphatic rings. The van der Waals surface area contributed by atoms with Gasteiger partial charge in [-0.1, -0.05) is 41.6 Å². The first-order chi connectivity index (χ1) is 13.2. The highest BCUT2D eigenvalue weighted by Crippen LogP contribution is 2.25. The fourth-order valence-corrected chi connectivity index (χ4v) is 3.87. The number of aromatic amines is 1. The Morgan fingerprint density at radius 2 is 1.75 bits per heavy atom. The number of aromatic nitrogens is 3. The van der Waals surface area contributed by atoms with E-state index in [1.165, 1.54) is 11.8 Å². The molecule has 7 nitrogen and oxygen atoms in total. The van der Waals surface area contributed by atoms with E-state index in [0.717, 1.165) is 17.4 Å². The Bertz CT molecular complexity index is 1080. The van der Waals surface area contributed by atoms with Gasteiger partial charge in [-0.05, 0) is 38.1 Å². The normalized spacial score (nSPS) is 12.5. The third kappa shape index (κ3) is 5.20. The molecule has 0 saturated heterocycles. The molecule has 0 fully saturated rings. The number of H-pyrrole nitrogens is 1. The number of thioether (sulfide) groups is 1. The van der Waals surface area contributed by atoms with Crippen LogP contribution in [0.15, 0.2) is 53.7 Å². The number of anilines is 1. The topological polar surface area (TPSA) is 105 Å². The van der Waals surface area contributed by atoms with Gasteiger partial charge in [-0.3, -0.25) is 14.6 Å². The Morgan fingerprint density at radius 1 is 1.11 bits per heavy atom. The highest BCUT2D eigenvalue weighted by Gasteiger charge is 2.19. The van der Waals surface area contributed by atoms with Gasteiger partial charge in [-0.25, -0.2) is 13.4 Å². The first kappa shape index (κ1) is 20.1. The number of carbonyl (C=O) groups is 1. The van der Waals surface area contributed by atoms with Gasteiger partial charge in [-0.2, -0.15) is 0 Å². The lowest BCUT2D eigenvalue weighted by molar-refractivity contribution is 0.0994. The van der Waals surface area contributed by atoms with Gasteiger partial charge < -0.3 is 0 Å². The number of ketones is 1. The number of benzene rings is 2. The van der Waals surface area contributed by atoms with Crippen molar-refractivity contribution in [2.45, 2.75) is 24.3 Å². The third-order valence-corrected chi connectivity index (χ3v) is 5.48. The minimum Gasteiger partial charge on any atom is -0.293 e. The first-order valence-corrected chi connectivity index (χ1v) is 11.3. The number of rotatable bonds is 7. The van der Waals surface area contributed by atoms with Gasteiger partial charge in [-0.15, -0.1) is 5.10 Å². The van der Waals surface area contributed by atoms with Crippen molar-refractivity contribution in [3.8, 4) is 11.4 Å². The molecule has 1 heterocycles. The maximum absolute atomic E-state index is 12.6. The van der Waals surface area contributed by atoms with Gasteiger partial charge in [0.15, 0.2) is 11.6 Å². The number of nitrogens with one attached hydrogen (secondary N) is 2. The molecular weight excluding hydrogens is 396 g/mol. The summed E-state index contributed by atoms with van der Waals surface area (Å²) >= 11 is 1.26. The lowest BCUT2D eigenvalue weighted by atomic mass is 10.1. The molecule has 0 spiro atoms. The quantitative estimate of drug-likeness (QED) is 0.451. The number of Topliss-reactive ketones (excluding diaryl/α,β-unsaturated/α-hetero) is 1. The van der Waals surface area contributed by atoms with E-state index in [1.807, 2.05) is 31.2 Å². The van der Waals surface area contributed by atoms with Crippen LogP contribution in [0.3, 0.4) is 0 Å². The fraction of sp³-hybridized carbons (Fsp3) is 0.211. The largest absolute Gasteiger partial charge is 0.293 e. The molecule has 2 N–H and O–H groups in total. The Hall–Kier alpha value is -2.65. The Morgan fingerprint density at radius 3 is 2.36 bits per heavy atom. The second-order valence-electron chi connectivity index (χ2n) is 6.41. The van der Waals surface area contributed by atoms with Crippen LogP contribution >= 0.6 is 11.8 Å². The van der Waals surface area contributed by atoms with Crippen molar-refractivity contribution in [3.63, 3.8) is 0 Å². The molecule has 0 aliphatic heterocycles. The molecule has 0 radical (unpaired) electrons. The van der Waals surface area contributed by atoms with E-state index in [1.54, 1.807) is 31.2 Å². The Kier molecular flexibility index (Phi) is 5.85. The van der Waals surface area contributed by atoms with Gasteiger partial charge in [0.2, 0.25) is 15.2 Å². The highest BCUT2D eigenvalue weighted by atomic mass is 32.2. The van der Waals surface area contributed by atoms with Gasteiger partial charge in [0, 0.05) is 16.8 Å². The van der Waals surface area contributed by atoms with Gasteiger partial charge in [0.1, 0.15) is 0 Å². The number of nitrogens with zero attached hydrogens (tertiary/aromatic N) is 2. The van der Waals surface area contributed by atoms with Crippen molar-refractivity contribution >= 4 is 33.3 Å². The molecule has 3 rings (SSSR count). The molecule has 146 valence electrons. The summed E-state index contributed by atoms with van der Waals surface area (Å²) in [6.45, 7) is 3.81. The maximum Gasteiger partial charge on any atom is 0.229 e. The summed E-state index contributed by atoms with van der Waals surface area (Å²) in [5.74, 6) is 0.566. The zero-order valence-electron chi connectivity index (χ0n) is 15.6. The predicted octanol–water partition coefficient (Wildman–Crippen LogP) is 3.52. The molecular formula is C19H20N4O3S2. The smallest absolute Gasteiger partial charge is 0.229 e. The molecule has 9 heteroatoms. The molecule has 1 atom stereocenters. The fourth-order valence-electron chi connectivity index (χ4n) is 2.50. The molecule has 2 aromatic carbocycles. The monoisotopic (exact) mass is 416 g/mol. The summed E-state index contributed by atoms with van der Waals surface area (Å²) in [5, 5.41) is 7.18. The van der Waals surface area contributed by atoms with Crippen LogP contribution in [-0.4, -0.2) is 40.9 Å². The summed E-state index contributed by atoms with van der Waals surface area (Å²) in [7, 11) is -3.35. The Labute approximate surface area is 168 Å². The van der Waals surface area contributed by atoms with Crippen LogP contribution in [0.1, 0.15) is 22.8 Å². The summed E-state index contributed by atoms with van der Waals surface area (Å²) in [5.41, 5.74) is 3.00. The lowest BCUT2D eigenvalue weighted by Crippen LogP contribution is -2.14. The molecule has 0 saturated carbocycles. The van der Waals surface area contributed by atoms with Crippen LogP contribution in [0.5, 0.6) is 0 Å². The minimum absolute atomic E-state index is 0.0856. The standard InChI is InChI=1S/C19H20N4O3S2/c1-12-4-6-15(7-5-12)18-20-19(22-21-18)27-13(2)17(24)14-8-10-16(11-9-14)23-28(3,25)26/h4-11,13,23H,1-3H3,(H,20,21,22)/t13-/m0/s1. The van der Waals surface area contributed by atoms with E-state index in [2.05, 4.69) is 19.9 Å². The first-order valence-electron chi connectivity index (χ1n) is 8.49. The number of hydrogen-bond donors (Lipinski definition) is 2. The van der Waals surface area contributed by atoms with E-state index in [9.17, 15) is 13.2 Å². The van der Waals surface area contributed by atoms with Crippen molar-refractivity contribution < 1.29 is 13.2 Å². The van der Waals surface area contributed by atoms with Crippen LogP contribution in [0, 0.1) is 6.92 Å². The second-order valence-corrected chi connectivity index (χ2v) is 9.46. The van der Waals surface area contributed by atoms with E-state index in [-0.39, 0.29) is 5.78 Å². The van der Waals surface area contributed by atoms with Crippen LogP contribution in [0.4, 0.5) is 5.69 Å². The van der Waals surface area contributed by atoms with E-state index >= 15 is 0 Å². The van der Waals surface area contributed by atoms with Gasteiger partial charge in [0.25, 0.3) is 0 Å². The summed E-state index contributed by atoms with van der Waals surface area (Å²) < 4.78 is 24.9. The maximum atomic E-state index is 12.6. The number of aryl methyl sites for hydroxylation is 1. The Balaban J connectivity index is 1.66. The summed E-state index contributed by atoms with van der Waals surface area (Å²) in [6, 6.07) is 14.3. The predicted molar refractivity (Wildman–Crippen MR) is 111 cm³/mol. The van der Waals surface area contributed by atoms with Crippen molar-refractivity contribution in [2.24, 2.45) is 0 Å². The number of carbonyl (C=O) groups excluding carboxylic acids is 1. The molecule has 1 aromatic heterocycles. The van der Waals surface area contributed by atoms with Gasteiger partial charge in [0.05, 0.1) is 11.5 Å². The zero-order valence-corrected chi connectivity index (χ0v) is 17.3. The van der Waals surface area contributed by atoms with Crippen LogP contribution in [0.25, 0.3) is 11.4 Å². The average molecular weight is 417 g/mol. The molecule has 0 aliphatic carbocycles. The lowest BCUT2D eigenvalue weighted by Gasteiger charge is -2.09. The SMILES string of the molecule is Cc1ccc(-c2nc(S[C@@H](C)C(=O)c3ccc(NS(C)(=O)=O)cc3)n[nH]2)cc1. The zero-order chi connectivity index (χ0) is 20.3. The average Bonchev–Trinajstić information content (AvgIpc) is 3.09. The van der Waals surface area contributed by atoms with Crippen molar-refractivity contribution in [1.29, 1.82) is 0 Å².